The molecule has 2 bridgehead atoms. The van der Waals surface area contributed by atoms with Crippen molar-refractivity contribution in [2.45, 2.75) is 50.7 Å². The second kappa shape index (κ2) is 6.59. The van der Waals surface area contributed by atoms with Gasteiger partial charge < -0.3 is 19.4 Å². The van der Waals surface area contributed by atoms with Gasteiger partial charge in [0.2, 0.25) is 5.95 Å². The normalized spacial score (nSPS) is 34.9. The SMILES string of the molecule is CCc1cc(N2C[C@@H]3[C@H](CN(C)C)[C@H]4CC[C@]3(C2)O4)nc(N2CCCC2)n1. The molecule has 27 heavy (non-hydrogen) atoms. The fourth-order valence-corrected chi connectivity index (χ4v) is 5.90. The molecule has 0 aromatic carbocycles. The van der Waals surface area contributed by atoms with Crippen molar-refractivity contribution >= 4 is 11.8 Å². The van der Waals surface area contributed by atoms with Gasteiger partial charge in [-0.2, -0.15) is 4.98 Å². The molecule has 6 heteroatoms. The first kappa shape index (κ1) is 17.7. The van der Waals surface area contributed by atoms with Crippen LogP contribution in [-0.4, -0.2) is 73.4 Å². The molecule has 0 N–H and O–H groups in total. The van der Waals surface area contributed by atoms with Crippen LogP contribution in [0.2, 0.25) is 0 Å². The number of fused-ring (bicyclic) bond motifs is 1. The lowest BCUT2D eigenvalue weighted by Gasteiger charge is -2.30. The van der Waals surface area contributed by atoms with E-state index in [2.05, 4.69) is 41.8 Å². The Labute approximate surface area is 162 Å². The minimum absolute atomic E-state index is 0.0660. The lowest BCUT2D eigenvalue weighted by atomic mass is 9.73. The maximum absolute atomic E-state index is 6.61. The van der Waals surface area contributed by atoms with E-state index in [0.29, 0.717) is 17.9 Å². The number of hydrogen-bond acceptors (Lipinski definition) is 6. The molecule has 4 aliphatic heterocycles. The second-order valence-corrected chi connectivity index (χ2v) is 9.24. The molecule has 1 spiro atoms. The summed E-state index contributed by atoms with van der Waals surface area (Å²) in [7, 11) is 4.37. The highest BCUT2D eigenvalue weighted by Crippen LogP contribution is 2.55. The summed E-state index contributed by atoms with van der Waals surface area (Å²) in [6.45, 7) is 7.58. The van der Waals surface area contributed by atoms with Crippen LogP contribution in [0.5, 0.6) is 0 Å². The molecule has 0 amide bonds. The molecule has 0 unspecified atom stereocenters. The quantitative estimate of drug-likeness (QED) is 0.791. The lowest BCUT2D eigenvalue weighted by Crippen LogP contribution is -2.40. The second-order valence-electron chi connectivity index (χ2n) is 9.24. The maximum atomic E-state index is 6.61. The van der Waals surface area contributed by atoms with E-state index in [9.17, 15) is 0 Å². The highest BCUT2D eigenvalue weighted by Gasteiger charge is 2.63. The van der Waals surface area contributed by atoms with Gasteiger partial charge in [-0.25, -0.2) is 4.98 Å². The molecule has 1 aromatic rings. The van der Waals surface area contributed by atoms with Crippen molar-refractivity contribution in [2.24, 2.45) is 11.8 Å². The van der Waals surface area contributed by atoms with Crippen LogP contribution in [0.1, 0.15) is 38.3 Å². The number of ether oxygens (including phenoxy) is 1. The molecule has 1 aromatic heterocycles. The molecule has 0 saturated carbocycles. The van der Waals surface area contributed by atoms with Crippen molar-refractivity contribution in [3.05, 3.63) is 11.8 Å². The Balaban J connectivity index is 1.42. The summed E-state index contributed by atoms with van der Waals surface area (Å²) in [5.74, 6) is 3.34. The molecule has 4 fully saturated rings. The molecule has 0 radical (unpaired) electrons. The van der Waals surface area contributed by atoms with Crippen molar-refractivity contribution in [3.63, 3.8) is 0 Å². The number of hydrogen-bond donors (Lipinski definition) is 0. The first-order chi connectivity index (χ1) is 13.1. The van der Waals surface area contributed by atoms with Gasteiger partial charge in [-0.1, -0.05) is 6.92 Å². The minimum Gasteiger partial charge on any atom is -0.369 e. The Kier molecular flexibility index (Phi) is 4.32. The summed E-state index contributed by atoms with van der Waals surface area (Å²) in [4.78, 5) is 17.0. The van der Waals surface area contributed by atoms with Crippen molar-refractivity contribution in [2.75, 3.05) is 56.6 Å². The van der Waals surface area contributed by atoms with Crippen LogP contribution in [0.15, 0.2) is 6.07 Å². The molecule has 5 rings (SSSR count). The van der Waals surface area contributed by atoms with E-state index >= 15 is 0 Å². The molecule has 4 aliphatic rings. The average molecular weight is 372 g/mol. The van der Waals surface area contributed by atoms with E-state index in [-0.39, 0.29) is 5.60 Å². The zero-order chi connectivity index (χ0) is 18.6. The number of aromatic nitrogens is 2. The van der Waals surface area contributed by atoms with Gasteiger partial charge in [0.15, 0.2) is 0 Å². The Hall–Kier alpha value is -1.40. The van der Waals surface area contributed by atoms with Gasteiger partial charge in [-0.05, 0) is 46.2 Å². The van der Waals surface area contributed by atoms with Gasteiger partial charge in [0.05, 0.1) is 11.7 Å². The Morgan fingerprint density at radius 2 is 2.04 bits per heavy atom. The average Bonchev–Trinajstić information content (AvgIpc) is 3.42. The van der Waals surface area contributed by atoms with Gasteiger partial charge in [0.1, 0.15) is 5.82 Å². The van der Waals surface area contributed by atoms with Crippen molar-refractivity contribution in [3.8, 4) is 0 Å². The summed E-state index contributed by atoms with van der Waals surface area (Å²) < 4.78 is 6.61. The smallest absolute Gasteiger partial charge is 0.227 e. The molecule has 6 nitrogen and oxygen atoms in total. The van der Waals surface area contributed by atoms with Crippen LogP contribution in [0.3, 0.4) is 0 Å². The molecule has 4 saturated heterocycles. The molecule has 148 valence electrons. The van der Waals surface area contributed by atoms with E-state index in [1.807, 2.05) is 0 Å². The monoisotopic (exact) mass is 371 g/mol. The van der Waals surface area contributed by atoms with Gasteiger partial charge >= 0.3 is 0 Å². The third-order valence-corrected chi connectivity index (χ3v) is 7.19. The van der Waals surface area contributed by atoms with Gasteiger partial charge in [-0.15, -0.1) is 0 Å². The van der Waals surface area contributed by atoms with Crippen molar-refractivity contribution < 1.29 is 4.74 Å². The number of aryl methyl sites for hydroxylation is 1. The van der Waals surface area contributed by atoms with Crippen LogP contribution in [0.25, 0.3) is 0 Å². The first-order valence-electron chi connectivity index (χ1n) is 10.8. The summed E-state index contributed by atoms with van der Waals surface area (Å²) in [6.07, 6.45) is 6.38. The molecule has 5 heterocycles. The van der Waals surface area contributed by atoms with E-state index in [4.69, 9.17) is 14.7 Å². The molecule has 0 aliphatic carbocycles. The topological polar surface area (TPSA) is 44.7 Å². The van der Waals surface area contributed by atoms with Crippen LogP contribution in [0, 0.1) is 11.8 Å². The summed E-state index contributed by atoms with van der Waals surface area (Å²) in [5.41, 5.74) is 1.22. The van der Waals surface area contributed by atoms with Crippen LogP contribution < -0.4 is 9.80 Å². The number of rotatable bonds is 5. The lowest BCUT2D eigenvalue weighted by molar-refractivity contribution is 0.0136. The zero-order valence-electron chi connectivity index (χ0n) is 17.0. The predicted molar refractivity (Wildman–Crippen MR) is 107 cm³/mol. The molecular formula is C21H33N5O. The first-order valence-corrected chi connectivity index (χ1v) is 10.8. The Bertz CT molecular complexity index is 704. The highest BCUT2D eigenvalue weighted by atomic mass is 16.5. The Morgan fingerprint density at radius 1 is 1.22 bits per heavy atom. The van der Waals surface area contributed by atoms with Crippen LogP contribution in [0.4, 0.5) is 11.8 Å². The number of nitrogens with zero attached hydrogens (tertiary/aromatic N) is 5. The van der Waals surface area contributed by atoms with Gasteiger partial charge in [-0.3, -0.25) is 0 Å². The highest BCUT2D eigenvalue weighted by molar-refractivity contribution is 5.49. The summed E-state index contributed by atoms with van der Waals surface area (Å²) in [6, 6.07) is 2.21. The van der Waals surface area contributed by atoms with Gasteiger partial charge in [0, 0.05) is 56.3 Å². The third-order valence-electron chi connectivity index (χ3n) is 7.19. The minimum atomic E-state index is 0.0660. The van der Waals surface area contributed by atoms with Crippen molar-refractivity contribution in [1.29, 1.82) is 0 Å². The zero-order valence-corrected chi connectivity index (χ0v) is 17.0. The molecular weight excluding hydrogens is 338 g/mol. The van der Waals surface area contributed by atoms with Gasteiger partial charge in [0.25, 0.3) is 0 Å². The summed E-state index contributed by atoms with van der Waals surface area (Å²) >= 11 is 0. The fourth-order valence-electron chi connectivity index (χ4n) is 5.90. The van der Waals surface area contributed by atoms with Crippen LogP contribution >= 0.6 is 0 Å². The van der Waals surface area contributed by atoms with E-state index in [1.165, 1.54) is 25.7 Å². The third kappa shape index (κ3) is 2.92. The van der Waals surface area contributed by atoms with E-state index in [1.54, 1.807) is 0 Å². The van der Waals surface area contributed by atoms with Crippen molar-refractivity contribution in [1.82, 2.24) is 14.9 Å². The molecule has 4 atom stereocenters. The fraction of sp³-hybridized carbons (Fsp3) is 0.810. The number of anilines is 2. The van der Waals surface area contributed by atoms with Crippen LogP contribution in [-0.2, 0) is 11.2 Å². The Morgan fingerprint density at radius 3 is 2.78 bits per heavy atom. The van der Waals surface area contributed by atoms with E-state index in [0.717, 1.165) is 56.6 Å². The predicted octanol–water partition coefficient (Wildman–Crippen LogP) is 2.18. The summed E-state index contributed by atoms with van der Waals surface area (Å²) in [5, 5.41) is 0. The standard InChI is InChI=1S/C21H33N5O/c1-4-15-11-19(23-20(22-15)25-9-5-6-10-25)26-13-17-16(12-24(2)3)18-7-8-21(17,14-26)27-18/h11,16-18H,4-10,12-14H2,1-3H3/t16-,17+,18+,21+/m0/s1. The largest absolute Gasteiger partial charge is 0.369 e. The maximum Gasteiger partial charge on any atom is 0.227 e. The van der Waals surface area contributed by atoms with E-state index < -0.39 is 0 Å².